The second-order valence-electron chi connectivity index (χ2n) is 13.4. The fraction of sp³-hybridized carbons (Fsp3) is 0.973. The molecule has 0 amide bonds. The second kappa shape index (κ2) is 30.3. The standard InChI is InChI=1S/C37H72O9/c1-3-5-7-9-11-13-14-15-16-17-19-21-23-25-27-43-29-31(30-44-37-36(42)35(41)34(40)32(28-38)46-37)45-33(39)26-24-22-20-18-12-10-8-6-4-2/h31-32,34-38,40-42H,3-30H2,1-2H3. The number of rotatable bonds is 32. The van der Waals surface area contributed by atoms with Crippen LogP contribution in [0.4, 0.5) is 0 Å². The topological polar surface area (TPSA) is 135 Å². The lowest BCUT2D eigenvalue weighted by molar-refractivity contribution is -0.305. The van der Waals surface area contributed by atoms with Gasteiger partial charge in [0.15, 0.2) is 6.29 Å². The Bertz CT molecular complexity index is 677. The summed E-state index contributed by atoms with van der Waals surface area (Å²) in [5, 5.41) is 39.9. The van der Waals surface area contributed by atoms with Gasteiger partial charge in [0.1, 0.15) is 30.5 Å². The van der Waals surface area contributed by atoms with E-state index in [0.717, 1.165) is 32.1 Å². The number of unbranched alkanes of at least 4 members (excludes halogenated alkanes) is 21. The van der Waals surface area contributed by atoms with Crippen molar-refractivity contribution in [2.45, 2.75) is 205 Å². The van der Waals surface area contributed by atoms with Gasteiger partial charge in [-0.1, -0.05) is 149 Å². The van der Waals surface area contributed by atoms with E-state index in [0.29, 0.717) is 13.0 Å². The third kappa shape index (κ3) is 21.9. The van der Waals surface area contributed by atoms with Gasteiger partial charge < -0.3 is 39.4 Å². The largest absolute Gasteiger partial charge is 0.457 e. The second-order valence-corrected chi connectivity index (χ2v) is 13.4. The van der Waals surface area contributed by atoms with E-state index in [1.54, 1.807) is 0 Å². The third-order valence-electron chi connectivity index (χ3n) is 9.02. The van der Waals surface area contributed by atoms with Crippen LogP contribution < -0.4 is 0 Å². The number of esters is 1. The van der Waals surface area contributed by atoms with Crippen molar-refractivity contribution in [2.24, 2.45) is 0 Å². The van der Waals surface area contributed by atoms with Crippen LogP contribution in [0.3, 0.4) is 0 Å². The van der Waals surface area contributed by atoms with Crippen LogP contribution in [0, 0.1) is 0 Å². The quantitative estimate of drug-likeness (QED) is 0.0439. The minimum Gasteiger partial charge on any atom is -0.457 e. The average molecular weight is 661 g/mol. The maximum atomic E-state index is 12.6. The lowest BCUT2D eigenvalue weighted by Crippen LogP contribution is -2.59. The molecule has 6 unspecified atom stereocenters. The fourth-order valence-corrected chi connectivity index (χ4v) is 5.96. The molecule has 0 saturated carbocycles. The minimum atomic E-state index is -1.53. The molecule has 46 heavy (non-hydrogen) atoms. The van der Waals surface area contributed by atoms with Gasteiger partial charge in [-0.15, -0.1) is 0 Å². The Balaban J connectivity index is 2.30. The number of hydrogen-bond acceptors (Lipinski definition) is 9. The molecule has 0 radical (unpaired) electrons. The molecule has 0 aliphatic carbocycles. The predicted molar refractivity (Wildman–Crippen MR) is 183 cm³/mol. The van der Waals surface area contributed by atoms with Gasteiger partial charge >= 0.3 is 5.97 Å². The zero-order chi connectivity index (χ0) is 33.7. The van der Waals surface area contributed by atoms with E-state index in [1.807, 2.05) is 0 Å². The highest BCUT2D eigenvalue weighted by Crippen LogP contribution is 2.22. The summed E-state index contributed by atoms with van der Waals surface area (Å²) in [6.45, 7) is 4.55. The summed E-state index contributed by atoms with van der Waals surface area (Å²) < 4.78 is 22.7. The number of carbonyl (C=O) groups is 1. The molecule has 1 fully saturated rings. The average Bonchev–Trinajstić information content (AvgIpc) is 3.05. The summed E-state index contributed by atoms with van der Waals surface area (Å²) >= 11 is 0. The van der Waals surface area contributed by atoms with Crippen molar-refractivity contribution < 1.29 is 44.2 Å². The molecule has 1 heterocycles. The van der Waals surface area contributed by atoms with E-state index >= 15 is 0 Å². The zero-order valence-corrected chi connectivity index (χ0v) is 29.6. The van der Waals surface area contributed by atoms with Crippen LogP contribution in [0.2, 0.25) is 0 Å². The lowest BCUT2D eigenvalue weighted by Gasteiger charge is -2.39. The first-order valence-electron chi connectivity index (χ1n) is 19.1. The Labute approximate surface area is 281 Å². The molecule has 1 saturated heterocycles. The van der Waals surface area contributed by atoms with Crippen molar-refractivity contribution in [3.05, 3.63) is 0 Å². The minimum absolute atomic E-state index is 0.106. The molecule has 0 aromatic carbocycles. The molecule has 9 heteroatoms. The van der Waals surface area contributed by atoms with Crippen LogP contribution in [0.1, 0.15) is 168 Å². The van der Waals surface area contributed by atoms with Crippen molar-refractivity contribution in [1.29, 1.82) is 0 Å². The summed E-state index contributed by atoms with van der Waals surface area (Å²) in [5.74, 6) is -0.314. The number of carbonyl (C=O) groups excluding carboxylic acids is 1. The van der Waals surface area contributed by atoms with Crippen molar-refractivity contribution in [2.75, 3.05) is 26.4 Å². The number of aliphatic hydroxyl groups excluding tert-OH is 4. The Kier molecular flexibility index (Phi) is 28.4. The van der Waals surface area contributed by atoms with E-state index in [9.17, 15) is 25.2 Å². The zero-order valence-electron chi connectivity index (χ0n) is 29.6. The van der Waals surface area contributed by atoms with Crippen molar-refractivity contribution in [1.82, 2.24) is 0 Å². The molecule has 1 aliphatic heterocycles. The number of hydrogen-bond donors (Lipinski definition) is 4. The summed E-state index contributed by atoms with van der Waals surface area (Å²) in [4.78, 5) is 12.6. The van der Waals surface area contributed by atoms with Crippen LogP contribution in [0.5, 0.6) is 0 Å². The summed E-state index contributed by atoms with van der Waals surface area (Å²) in [7, 11) is 0. The van der Waals surface area contributed by atoms with Crippen molar-refractivity contribution >= 4 is 5.97 Å². The molecular formula is C37H72O9. The Morgan fingerprint density at radius 3 is 1.54 bits per heavy atom. The van der Waals surface area contributed by atoms with Crippen molar-refractivity contribution in [3.8, 4) is 0 Å². The Morgan fingerprint density at radius 2 is 1.07 bits per heavy atom. The molecule has 1 rings (SSSR count). The number of aliphatic hydroxyl groups is 4. The summed E-state index contributed by atoms with van der Waals surface area (Å²) in [6.07, 6.45) is 21.3. The highest BCUT2D eigenvalue weighted by Gasteiger charge is 2.44. The van der Waals surface area contributed by atoms with Gasteiger partial charge in [0, 0.05) is 13.0 Å². The summed E-state index contributed by atoms with van der Waals surface area (Å²) in [6, 6.07) is 0. The maximum Gasteiger partial charge on any atom is 0.306 e. The lowest BCUT2D eigenvalue weighted by atomic mass is 9.99. The monoisotopic (exact) mass is 661 g/mol. The van der Waals surface area contributed by atoms with E-state index in [4.69, 9.17) is 18.9 Å². The van der Waals surface area contributed by atoms with E-state index in [2.05, 4.69) is 13.8 Å². The highest BCUT2D eigenvalue weighted by atomic mass is 16.7. The third-order valence-corrected chi connectivity index (χ3v) is 9.02. The predicted octanol–water partition coefficient (Wildman–Crippen LogP) is 7.13. The normalized spacial score (nSPS) is 22.3. The molecule has 4 N–H and O–H groups in total. The van der Waals surface area contributed by atoms with E-state index < -0.39 is 43.4 Å². The van der Waals surface area contributed by atoms with E-state index in [1.165, 1.54) is 116 Å². The van der Waals surface area contributed by atoms with Crippen LogP contribution in [-0.4, -0.2) is 89.6 Å². The molecule has 0 aromatic rings. The van der Waals surface area contributed by atoms with E-state index in [-0.39, 0.29) is 19.2 Å². The molecule has 1 aliphatic rings. The number of ether oxygens (including phenoxy) is 4. The van der Waals surface area contributed by atoms with Crippen LogP contribution >= 0.6 is 0 Å². The smallest absolute Gasteiger partial charge is 0.306 e. The SMILES string of the molecule is CCCCCCCCCCCCCCCCOCC(COC1OC(CO)C(O)C(O)C1O)OC(=O)CCCCCCCCCCC. The van der Waals surface area contributed by atoms with Crippen LogP contribution in [0.25, 0.3) is 0 Å². The van der Waals surface area contributed by atoms with Crippen LogP contribution in [0.15, 0.2) is 0 Å². The van der Waals surface area contributed by atoms with Gasteiger partial charge in [-0.25, -0.2) is 0 Å². The molecular weight excluding hydrogens is 588 g/mol. The van der Waals surface area contributed by atoms with Gasteiger partial charge in [0.2, 0.25) is 0 Å². The van der Waals surface area contributed by atoms with Crippen molar-refractivity contribution in [3.63, 3.8) is 0 Å². The molecule has 0 aromatic heterocycles. The maximum absolute atomic E-state index is 12.6. The summed E-state index contributed by atoms with van der Waals surface area (Å²) in [5.41, 5.74) is 0. The Hall–Kier alpha value is -0.810. The van der Waals surface area contributed by atoms with Gasteiger partial charge in [-0.2, -0.15) is 0 Å². The first-order valence-corrected chi connectivity index (χ1v) is 19.1. The van der Waals surface area contributed by atoms with Gasteiger partial charge in [-0.05, 0) is 12.8 Å². The van der Waals surface area contributed by atoms with Gasteiger partial charge in [-0.3, -0.25) is 4.79 Å². The Morgan fingerprint density at radius 1 is 0.609 bits per heavy atom. The molecule has 6 atom stereocenters. The van der Waals surface area contributed by atoms with Crippen LogP contribution in [-0.2, 0) is 23.7 Å². The highest BCUT2D eigenvalue weighted by molar-refractivity contribution is 5.69. The first kappa shape index (κ1) is 43.2. The molecule has 274 valence electrons. The fourth-order valence-electron chi connectivity index (χ4n) is 5.96. The molecule has 9 nitrogen and oxygen atoms in total. The van der Waals surface area contributed by atoms with Gasteiger partial charge in [0.25, 0.3) is 0 Å². The van der Waals surface area contributed by atoms with Gasteiger partial charge in [0.05, 0.1) is 19.8 Å². The molecule has 0 spiro atoms. The first-order chi connectivity index (χ1) is 22.4. The molecule has 0 bridgehead atoms.